The minimum Gasteiger partial charge on any atom is -0.389 e. The molecule has 4 heteroatoms. The summed E-state index contributed by atoms with van der Waals surface area (Å²) in [6.07, 6.45) is -0.0378. The number of hydrogen-bond acceptors (Lipinski definition) is 3. The standard InChI is InChI=1S/C11H20N2O2/c1-5-13-8(6-7-12-13)9(14)10(15)11(2,3)4/h6-7,9-10,14-15H,5H2,1-4H3. The van der Waals surface area contributed by atoms with Gasteiger partial charge in [0.2, 0.25) is 0 Å². The average Bonchev–Trinajstić information content (AvgIpc) is 2.61. The lowest BCUT2D eigenvalue weighted by atomic mass is 9.85. The molecule has 2 N–H and O–H groups in total. The third-order valence-corrected chi connectivity index (χ3v) is 2.54. The molecule has 1 rings (SSSR count). The zero-order chi connectivity index (χ0) is 11.6. The zero-order valence-corrected chi connectivity index (χ0v) is 9.81. The summed E-state index contributed by atoms with van der Waals surface area (Å²) in [5.74, 6) is 0. The summed E-state index contributed by atoms with van der Waals surface area (Å²) >= 11 is 0. The zero-order valence-electron chi connectivity index (χ0n) is 9.81. The first-order valence-electron chi connectivity index (χ1n) is 5.25. The molecule has 86 valence electrons. The summed E-state index contributed by atoms with van der Waals surface area (Å²) in [5.41, 5.74) is 0.322. The molecule has 0 fully saturated rings. The predicted molar refractivity (Wildman–Crippen MR) is 58.3 cm³/mol. The topological polar surface area (TPSA) is 58.3 Å². The second-order valence-corrected chi connectivity index (χ2v) is 4.83. The lowest BCUT2D eigenvalue weighted by molar-refractivity contribution is -0.0495. The van der Waals surface area contributed by atoms with Crippen LogP contribution in [0.1, 0.15) is 39.5 Å². The Kier molecular flexibility index (Phi) is 3.52. The first-order chi connectivity index (χ1) is 6.88. The molecule has 0 amide bonds. The molecule has 1 aromatic heterocycles. The van der Waals surface area contributed by atoms with Crippen molar-refractivity contribution < 1.29 is 10.2 Å². The summed E-state index contributed by atoms with van der Waals surface area (Å²) in [6.45, 7) is 8.33. The first-order valence-corrected chi connectivity index (χ1v) is 5.25. The van der Waals surface area contributed by atoms with Crippen molar-refractivity contribution in [3.05, 3.63) is 18.0 Å². The fourth-order valence-corrected chi connectivity index (χ4v) is 1.49. The molecule has 0 aromatic carbocycles. The van der Waals surface area contributed by atoms with Gasteiger partial charge in [0.15, 0.2) is 0 Å². The van der Waals surface area contributed by atoms with E-state index in [9.17, 15) is 10.2 Å². The molecular formula is C11H20N2O2. The van der Waals surface area contributed by atoms with E-state index in [-0.39, 0.29) is 5.41 Å². The van der Waals surface area contributed by atoms with Crippen LogP contribution in [0, 0.1) is 5.41 Å². The van der Waals surface area contributed by atoms with Gasteiger partial charge in [-0.1, -0.05) is 20.8 Å². The van der Waals surface area contributed by atoms with Crippen LogP contribution in [0.3, 0.4) is 0 Å². The molecule has 1 aromatic rings. The van der Waals surface area contributed by atoms with Crippen LogP contribution in [0.5, 0.6) is 0 Å². The van der Waals surface area contributed by atoms with E-state index in [2.05, 4.69) is 5.10 Å². The molecule has 0 aliphatic carbocycles. The quantitative estimate of drug-likeness (QED) is 0.795. The highest BCUT2D eigenvalue weighted by atomic mass is 16.3. The number of aryl methyl sites for hydroxylation is 1. The Bertz CT molecular complexity index is 315. The largest absolute Gasteiger partial charge is 0.389 e. The van der Waals surface area contributed by atoms with Crippen molar-refractivity contribution >= 4 is 0 Å². The third kappa shape index (κ3) is 2.58. The van der Waals surface area contributed by atoms with Crippen LogP contribution in [0.2, 0.25) is 0 Å². The Hall–Kier alpha value is -0.870. The van der Waals surface area contributed by atoms with Crippen molar-refractivity contribution in [1.82, 2.24) is 9.78 Å². The second kappa shape index (κ2) is 4.33. The van der Waals surface area contributed by atoms with Gasteiger partial charge in [-0.05, 0) is 18.4 Å². The number of nitrogens with zero attached hydrogens (tertiary/aromatic N) is 2. The summed E-state index contributed by atoms with van der Waals surface area (Å²) in [7, 11) is 0. The monoisotopic (exact) mass is 212 g/mol. The Morgan fingerprint density at radius 3 is 2.47 bits per heavy atom. The maximum Gasteiger partial charge on any atom is 0.122 e. The number of aliphatic hydroxyl groups excluding tert-OH is 2. The summed E-state index contributed by atoms with van der Waals surface area (Å²) < 4.78 is 1.69. The highest BCUT2D eigenvalue weighted by molar-refractivity contribution is 5.07. The maximum atomic E-state index is 10.0. The van der Waals surface area contributed by atoms with Crippen LogP contribution in [0.15, 0.2) is 12.3 Å². The van der Waals surface area contributed by atoms with Crippen molar-refractivity contribution in [2.24, 2.45) is 5.41 Å². The smallest absolute Gasteiger partial charge is 0.122 e. The van der Waals surface area contributed by atoms with Crippen molar-refractivity contribution in [3.8, 4) is 0 Å². The van der Waals surface area contributed by atoms with E-state index in [4.69, 9.17) is 0 Å². The number of hydrogen-bond donors (Lipinski definition) is 2. The van der Waals surface area contributed by atoms with Gasteiger partial charge in [-0.25, -0.2) is 0 Å². The molecule has 15 heavy (non-hydrogen) atoms. The summed E-state index contributed by atoms with van der Waals surface area (Å²) in [4.78, 5) is 0. The molecule has 1 heterocycles. The Morgan fingerprint density at radius 1 is 1.40 bits per heavy atom. The fraction of sp³-hybridized carbons (Fsp3) is 0.727. The van der Waals surface area contributed by atoms with Crippen molar-refractivity contribution in [1.29, 1.82) is 0 Å². The lowest BCUT2D eigenvalue weighted by Gasteiger charge is -2.30. The van der Waals surface area contributed by atoms with Crippen molar-refractivity contribution in [2.45, 2.75) is 46.4 Å². The van der Waals surface area contributed by atoms with E-state index >= 15 is 0 Å². The minimum absolute atomic E-state index is 0.345. The van der Waals surface area contributed by atoms with Gasteiger partial charge in [0, 0.05) is 12.7 Å². The van der Waals surface area contributed by atoms with Gasteiger partial charge < -0.3 is 10.2 Å². The Labute approximate surface area is 90.5 Å². The molecule has 2 atom stereocenters. The van der Waals surface area contributed by atoms with Crippen LogP contribution in [-0.2, 0) is 6.54 Å². The van der Waals surface area contributed by atoms with Crippen LogP contribution in [-0.4, -0.2) is 26.1 Å². The van der Waals surface area contributed by atoms with Gasteiger partial charge >= 0.3 is 0 Å². The number of rotatable bonds is 3. The molecule has 0 aliphatic heterocycles. The van der Waals surface area contributed by atoms with E-state index in [1.807, 2.05) is 27.7 Å². The van der Waals surface area contributed by atoms with E-state index in [0.29, 0.717) is 12.2 Å². The fourth-order valence-electron chi connectivity index (χ4n) is 1.49. The minimum atomic E-state index is -0.882. The molecule has 0 spiro atoms. The maximum absolute atomic E-state index is 10.0. The van der Waals surface area contributed by atoms with Crippen LogP contribution in [0.4, 0.5) is 0 Å². The average molecular weight is 212 g/mol. The third-order valence-electron chi connectivity index (χ3n) is 2.54. The van der Waals surface area contributed by atoms with Crippen LogP contribution < -0.4 is 0 Å². The first kappa shape index (κ1) is 12.2. The number of aromatic nitrogens is 2. The molecule has 4 nitrogen and oxygen atoms in total. The van der Waals surface area contributed by atoms with Crippen molar-refractivity contribution in [3.63, 3.8) is 0 Å². The highest BCUT2D eigenvalue weighted by Crippen LogP contribution is 2.29. The molecule has 0 bridgehead atoms. The summed E-state index contributed by atoms with van der Waals surface area (Å²) in [6, 6.07) is 1.74. The molecule has 0 aliphatic rings. The van der Waals surface area contributed by atoms with Gasteiger partial charge in [0.25, 0.3) is 0 Å². The van der Waals surface area contributed by atoms with Crippen molar-refractivity contribution in [2.75, 3.05) is 0 Å². The van der Waals surface area contributed by atoms with Gasteiger partial charge in [-0.2, -0.15) is 5.10 Å². The van der Waals surface area contributed by atoms with E-state index < -0.39 is 12.2 Å². The van der Waals surface area contributed by atoms with Crippen LogP contribution >= 0.6 is 0 Å². The Morgan fingerprint density at radius 2 is 2.00 bits per heavy atom. The van der Waals surface area contributed by atoms with E-state index in [1.165, 1.54) is 0 Å². The molecule has 0 radical (unpaired) electrons. The van der Waals surface area contributed by atoms with Gasteiger partial charge in [0.05, 0.1) is 11.8 Å². The molecule has 0 saturated carbocycles. The highest BCUT2D eigenvalue weighted by Gasteiger charge is 2.31. The predicted octanol–water partition coefficient (Wildman–Crippen LogP) is 1.34. The van der Waals surface area contributed by atoms with Gasteiger partial charge in [-0.3, -0.25) is 4.68 Å². The lowest BCUT2D eigenvalue weighted by Crippen LogP contribution is -2.33. The number of aliphatic hydroxyl groups is 2. The van der Waals surface area contributed by atoms with E-state index in [0.717, 1.165) is 0 Å². The Balaban J connectivity index is 2.89. The SMILES string of the molecule is CCn1nccc1C(O)C(O)C(C)(C)C. The molecular weight excluding hydrogens is 192 g/mol. The normalized spacial score (nSPS) is 16.4. The summed E-state index contributed by atoms with van der Waals surface area (Å²) in [5, 5.41) is 24.0. The van der Waals surface area contributed by atoms with E-state index in [1.54, 1.807) is 16.9 Å². The van der Waals surface area contributed by atoms with Gasteiger partial charge in [0.1, 0.15) is 6.10 Å². The van der Waals surface area contributed by atoms with Crippen LogP contribution in [0.25, 0.3) is 0 Å². The molecule has 0 saturated heterocycles. The second-order valence-electron chi connectivity index (χ2n) is 4.83. The molecule has 2 unspecified atom stereocenters. The van der Waals surface area contributed by atoms with Gasteiger partial charge in [-0.15, -0.1) is 0 Å².